The van der Waals surface area contributed by atoms with E-state index < -0.39 is 0 Å². The van der Waals surface area contributed by atoms with E-state index in [9.17, 15) is 5.11 Å². The lowest BCUT2D eigenvalue weighted by Gasteiger charge is -2.27. The minimum Gasteiger partial charge on any atom is -0.395 e. The first kappa shape index (κ1) is 14.0. The van der Waals surface area contributed by atoms with Crippen LogP contribution in [0.25, 0.3) is 0 Å². The summed E-state index contributed by atoms with van der Waals surface area (Å²) in [5.74, 6) is 0.665. The first-order chi connectivity index (χ1) is 7.72. The number of hydrogen-bond donors (Lipinski definition) is 2. The van der Waals surface area contributed by atoms with Crippen molar-refractivity contribution in [1.82, 2.24) is 5.32 Å². The van der Waals surface area contributed by atoms with Gasteiger partial charge in [0.1, 0.15) is 0 Å². The molecule has 0 amide bonds. The zero-order valence-corrected chi connectivity index (χ0v) is 11.0. The molecule has 0 aromatic carbocycles. The van der Waals surface area contributed by atoms with Crippen LogP contribution in [-0.2, 0) is 0 Å². The molecule has 1 rings (SSSR count). The average Bonchev–Trinajstić information content (AvgIpc) is 2.19. The van der Waals surface area contributed by atoms with E-state index in [1.165, 1.54) is 44.9 Å². The molecule has 0 aromatic rings. The highest BCUT2D eigenvalue weighted by Crippen LogP contribution is 2.18. The van der Waals surface area contributed by atoms with Crippen molar-refractivity contribution in [2.75, 3.05) is 6.61 Å². The largest absolute Gasteiger partial charge is 0.395 e. The van der Waals surface area contributed by atoms with E-state index in [-0.39, 0.29) is 6.61 Å². The van der Waals surface area contributed by atoms with Gasteiger partial charge in [-0.3, -0.25) is 0 Å². The van der Waals surface area contributed by atoms with Gasteiger partial charge in [0, 0.05) is 12.1 Å². The molecule has 1 unspecified atom stereocenters. The van der Waals surface area contributed by atoms with Gasteiger partial charge >= 0.3 is 0 Å². The Labute approximate surface area is 101 Å². The van der Waals surface area contributed by atoms with Crippen molar-refractivity contribution in [3.8, 4) is 0 Å². The molecular formula is C14H29NO. The summed E-state index contributed by atoms with van der Waals surface area (Å²) in [4.78, 5) is 0. The quantitative estimate of drug-likeness (QED) is 0.756. The Hall–Kier alpha value is -0.0800. The van der Waals surface area contributed by atoms with Crippen LogP contribution in [0, 0.1) is 5.92 Å². The molecule has 1 atom stereocenters. The Morgan fingerprint density at radius 3 is 2.12 bits per heavy atom. The molecule has 2 heteroatoms. The SMILES string of the molecule is CC(C)CC(CO)NC1CCCCCCC1. The number of aliphatic hydroxyl groups is 1. The summed E-state index contributed by atoms with van der Waals surface area (Å²) in [5.41, 5.74) is 0. The van der Waals surface area contributed by atoms with Crippen LogP contribution in [0.2, 0.25) is 0 Å². The lowest BCUT2D eigenvalue weighted by atomic mass is 9.95. The molecule has 0 aromatic heterocycles. The Morgan fingerprint density at radius 2 is 1.62 bits per heavy atom. The minimum absolute atomic E-state index is 0.286. The molecule has 16 heavy (non-hydrogen) atoms. The summed E-state index contributed by atoms with van der Waals surface area (Å²) >= 11 is 0. The standard InChI is InChI=1S/C14H29NO/c1-12(2)10-14(11-16)15-13-8-6-4-3-5-7-9-13/h12-16H,3-11H2,1-2H3. The predicted octanol–water partition coefficient (Wildman–Crippen LogP) is 3.10. The molecule has 2 N–H and O–H groups in total. The van der Waals surface area contributed by atoms with Gasteiger partial charge in [0.15, 0.2) is 0 Å². The number of nitrogens with one attached hydrogen (secondary N) is 1. The number of aliphatic hydroxyl groups excluding tert-OH is 1. The van der Waals surface area contributed by atoms with E-state index in [4.69, 9.17) is 0 Å². The molecule has 0 radical (unpaired) electrons. The van der Waals surface area contributed by atoms with Gasteiger partial charge in [-0.1, -0.05) is 46.0 Å². The monoisotopic (exact) mass is 227 g/mol. The van der Waals surface area contributed by atoms with Gasteiger partial charge in [0.25, 0.3) is 0 Å². The summed E-state index contributed by atoms with van der Waals surface area (Å²) in [6.07, 6.45) is 10.6. The lowest BCUT2D eigenvalue weighted by Crippen LogP contribution is -2.41. The zero-order valence-electron chi connectivity index (χ0n) is 11.0. The Kier molecular flexibility index (Phi) is 7.06. The third-order valence-electron chi connectivity index (χ3n) is 3.55. The van der Waals surface area contributed by atoms with Gasteiger partial charge in [-0.15, -0.1) is 0 Å². The molecule has 96 valence electrons. The summed E-state index contributed by atoms with van der Waals surface area (Å²) in [6, 6.07) is 0.959. The van der Waals surface area contributed by atoms with Crippen LogP contribution in [-0.4, -0.2) is 23.8 Å². The summed E-state index contributed by atoms with van der Waals surface area (Å²) in [7, 11) is 0. The van der Waals surface area contributed by atoms with Crippen LogP contribution >= 0.6 is 0 Å². The number of hydrogen-bond acceptors (Lipinski definition) is 2. The molecule has 0 heterocycles. The van der Waals surface area contributed by atoms with E-state index in [2.05, 4.69) is 19.2 Å². The van der Waals surface area contributed by atoms with Gasteiger partial charge in [0.05, 0.1) is 6.61 Å². The predicted molar refractivity (Wildman–Crippen MR) is 69.6 cm³/mol. The third kappa shape index (κ3) is 5.86. The van der Waals surface area contributed by atoms with Crippen molar-refractivity contribution < 1.29 is 5.11 Å². The Bertz CT molecular complexity index is 162. The van der Waals surface area contributed by atoms with Crippen molar-refractivity contribution in [2.24, 2.45) is 5.92 Å². The highest BCUT2D eigenvalue weighted by molar-refractivity contribution is 4.76. The van der Waals surface area contributed by atoms with Gasteiger partial charge < -0.3 is 10.4 Å². The highest BCUT2D eigenvalue weighted by Gasteiger charge is 2.16. The first-order valence-corrected chi connectivity index (χ1v) is 7.09. The van der Waals surface area contributed by atoms with Crippen molar-refractivity contribution in [1.29, 1.82) is 0 Å². The minimum atomic E-state index is 0.286. The van der Waals surface area contributed by atoms with E-state index in [1.807, 2.05) is 0 Å². The van der Waals surface area contributed by atoms with Crippen LogP contribution in [0.3, 0.4) is 0 Å². The van der Waals surface area contributed by atoms with Gasteiger partial charge in [-0.25, -0.2) is 0 Å². The van der Waals surface area contributed by atoms with Crippen molar-refractivity contribution in [3.63, 3.8) is 0 Å². The first-order valence-electron chi connectivity index (χ1n) is 7.09. The van der Waals surface area contributed by atoms with E-state index in [0.29, 0.717) is 18.0 Å². The fraction of sp³-hybridized carbons (Fsp3) is 1.00. The van der Waals surface area contributed by atoms with Crippen LogP contribution < -0.4 is 5.32 Å². The fourth-order valence-electron chi connectivity index (χ4n) is 2.72. The topological polar surface area (TPSA) is 32.3 Å². The smallest absolute Gasteiger partial charge is 0.0584 e. The molecular weight excluding hydrogens is 198 g/mol. The van der Waals surface area contributed by atoms with Crippen molar-refractivity contribution in [2.45, 2.75) is 77.3 Å². The van der Waals surface area contributed by atoms with E-state index in [0.717, 1.165) is 6.42 Å². The normalized spacial score (nSPS) is 21.8. The van der Waals surface area contributed by atoms with Gasteiger partial charge in [-0.05, 0) is 25.2 Å². The van der Waals surface area contributed by atoms with Crippen LogP contribution in [0.5, 0.6) is 0 Å². The number of rotatable bonds is 5. The zero-order chi connectivity index (χ0) is 11.8. The maximum Gasteiger partial charge on any atom is 0.0584 e. The van der Waals surface area contributed by atoms with Crippen molar-refractivity contribution >= 4 is 0 Å². The van der Waals surface area contributed by atoms with Crippen LogP contribution in [0.4, 0.5) is 0 Å². The fourth-order valence-corrected chi connectivity index (χ4v) is 2.72. The second-order valence-electron chi connectivity index (χ2n) is 5.72. The molecule has 1 fully saturated rings. The summed E-state index contributed by atoms with van der Waals surface area (Å²) in [5, 5.41) is 13.0. The van der Waals surface area contributed by atoms with Crippen LogP contribution in [0.15, 0.2) is 0 Å². The molecule has 0 bridgehead atoms. The van der Waals surface area contributed by atoms with E-state index in [1.54, 1.807) is 0 Å². The molecule has 0 spiro atoms. The summed E-state index contributed by atoms with van der Waals surface area (Å²) < 4.78 is 0. The van der Waals surface area contributed by atoms with E-state index >= 15 is 0 Å². The third-order valence-corrected chi connectivity index (χ3v) is 3.55. The molecule has 1 saturated carbocycles. The molecule has 2 nitrogen and oxygen atoms in total. The highest BCUT2D eigenvalue weighted by atomic mass is 16.3. The Morgan fingerprint density at radius 1 is 1.06 bits per heavy atom. The lowest BCUT2D eigenvalue weighted by molar-refractivity contribution is 0.204. The van der Waals surface area contributed by atoms with Crippen molar-refractivity contribution in [3.05, 3.63) is 0 Å². The maximum absolute atomic E-state index is 9.37. The molecule has 0 saturated heterocycles. The maximum atomic E-state index is 9.37. The molecule has 0 aliphatic heterocycles. The molecule has 1 aliphatic rings. The molecule has 1 aliphatic carbocycles. The van der Waals surface area contributed by atoms with Crippen LogP contribution in [0.1, 0.15) is 65.2 Å². The van der Waals surface area contributed by atoms with Gasteiger partial charge in [-0.2, -0.15) is 0 Å². The second kappa shape index (κ2) is 8.08. The Balaban J connectivity index is 2.30. The second-order valence-corrected chi connectivity index (χ2v) is 5.72. The van der Waals surface area contributed by atoms with Gasteiger partial charge in [0.2, 0.25) is 0 Å². The summed E-state index contributed by atoms with van der Waals surface area (Å²) in [6.45, 7) is 4.74. The average molecular weight is 227 g/mol.